The number of aromatic nitrogens is 2. The predicted molar refractivity (Wildman–Crippen MR) is 128 cm³/mol. The van der Waals surface area contributed by atoms with Gasteiger partial charge in [-0.15, -0.1) is 10.2 Å². The van der Waals surface area contributed by atoms with Crippen LogP contribution in [0.1, 0.15) is 19.4 Å². The Morgan fingerprint density at radius 2 is 1.73 bits per heavy atom. The fourth-order valence-corrected chi connectivity index (χ4v) is 4.27. The Hall–Kier alpha value is -3.20. The molecular formula is C24H28N4O4S. The summed E-state index contributed by atoms with van der Waals surface area (Å²) in [4.78, 5) is 16.5. The highest BCUT2D eigenvalue weighted by atomic mass is 32.2. The van der Waals surface area contributed by atoms with Gasteiger partial charge >= 0.3 is 0 Å². The van der Waals surface area contributed by atoms with Crippen LogP contribution < -0.4 is 14.4 Å². The van der Waals surface area contributed by atoms with Crippen molar-refractivity contribution in [2.75, 3.05) is 44.0 Å². The molecular weight excluding hydrogens is 440 g/mol. The molecule has 9 heteroatoms. The van der Waals surface area contributed by atoms with Gasteiger partial charge in [-0.3, -0.25) is 4.79 Å². The normalized spacial score (nSPS) is 12.5. The first-order valence-corrected chi connectivity index (χ1v) is 12.0. The van der Waals surface area contributed by atoms with Crippen LogP contribution in [0, 0.1) is 0 Å². The predicted octanol–water partition coefficient (Wildman–Crippen LogP) is 4.10. The van der Waals surface area contributed by atoms with Crippen LogP contribution in [0.15, 0.2) is 52.1 Å². The number of amides is 1. The molecule has 0 fully saturated rings. The van der Waals surface area contributed by atoms with Gasteiger partial charge in [0.1, 0.15) is 13.2 Å². The van der Waals surface area contributed by atoms with E-state index in [0.717, 1.165) is 41.4 Å². The summed E-state index contributed by atoms with van der Waals surface area (Å²) in [5.41, 5.74) is 2.99. The van der Waals surface area contributed by atoms with Crippen molar-refractivity contribution in [3.05, 3.63) is 48.0 Å². The molecule has 174 valence electrons. The molecule has 1 aliphatic heterocycles. The van der Waals surface area contributed by atoms with Gasteiger partial charge in [0.15, 0.2) is 11.5 Å². The SMILES string of the molecule is CCN(CC)c1ccc(-c2nnc(SCC(=O)N(C)Cc3ccc4c(c3)OCCO4)o2)cc1. The Labute approximate surface area is 197 Å². The number of rotatable bonds is 9. The largest absolute Gasteiger partial charge is 0.486 e. The Bertz CT molecular complexity index is 1080. The van der Waals surface area contributed by atoms with Crippen molar-refractivity contribution in [1.82, 2.24) is 15.1 Å². The van der Waals surface area contributed by atoms with Crippen molar-refractivity contribution >= 4 is 23.4 Å². The minimum absolute atomic E-state index is 0.0294. The maximum Gasteiger partial charge on any atom is 0.277 e. The number of hydrogen-bond donors (Lipinski definition) is 0. The Morgan fingerprint density at radius 1 is 1.00 bits per heavy atom. The molecule has 0 N–H and O–H groups in total. The van der Waals surface area contributed by atoms with Gasteiger partial charge in [0, 0.05) is 37.9 Å². The molecule has 8 nitrogen and oxygen atoms in total. The van der Waals surface area contributed by atoms with Crippen LogP contribution in [0.3, 0.4) is 0 Å². The molecule has 1 aliphatic rings. The molecule has 1 amide bonds. The van der Waals surface area contributed by atoms with Crippen molar-refractivity contribution in [2.24, 2.45) is 0 Å². The molecule has 0 bridgehead atoms. The van der Waals surface area contributed by atoms with E-state index in [9.17, 15) is 4.79 Å². The van der Waals surface area contributed by atoms with E-state index < -0.39 is 0 Å². The van der Waals surface area contributed by atoms with Crippen molar-refractivity contribution in [2.45, 2.75) is 25.6 Å². The van der Waals surface area contributed by atoms with Gasteiger partial charge in [0.05, 0.1) is 5.75 Å². The molecule has 0 spiro atoms. The average molecular weight is 469 g/mol. The summed E-state index contributed by atoms with van der Waals surface area (Å²) in [6, 6.07) is 13.8. The Balaban J connectivity index is 1.31. The highest BCUT2D eigenvalue weighted by Crippen LogP contribution is 2.31. The second kappa shape index (κ2) is 10.6. The lowest BCUT2D eigenvalue weighted by atomic mass is 10.2. The zero-order chi connectivity index (χ0) is 23.2. The van der Waals surface area contributed by atoms with E-state index in [1.165, 1.54) is 11.8 Å². The van der Waals surface area contributed by atoms with Crippen molar-refractivity contribution < 1.29 is 18.7 Å². The number of ether oxygens (including phenoxy) is 2. The molecule has 0 atom stereocenters. The van der Waals surface area contributed by atoms with Gasteiger partial charge in [-0.05, 0) is 55.8 Å². The molecule has 4 rings (SSSR count). The first-order valence-electron chi connectivity index (χ1n) is 11.0. The Kier molecular flexibility index (Phi) is 7.39. The first kappa shape index (κ1) is 23.0. The monoisotopic (exact) mass is 468 g/mol. The minimum atomic E-state index is -0.0294. The van der Waals surface area contributed by atoms with Crippen molar-refractivity contribution in [3.63, 3.8) is 0 Å². The summed E-state index contributed by atoms with van der Waals surface area (Å²) in [6.07, 6.45) is 0. The molecule has 0 radical (unpaired) electrons. The van der Waals surface area contributed by atoms with Gasteiger partial charge in [-0.25, -0.2) is 0 Å². The number of thioether (sulfide) groups is 1. The third-order valence-corrected chi connectivity index (χ3v) is 6.22. The molecule has 33 heavy (non-hydrogen) atoms. The molecule has 2 heterocycles. The van der Waals surface area contributed by atoms with Gasteiger partial charge in [-0.2, -0.15) is 0 Å². The zero-order valence-electron chi connectivity index (χ0n) is 19.1. The van der Waals surface area contributed by atoms with Crippen LogP contribution in [-0.2, 0) is 11.3 Å². The topological polar surface area (TPSA) is 80.9 Å². The number of hydrogen-bond acceptors (Lipinski definition) is 8. The lowest BCUT2D eigenvalue weighted by molar-refractivity contribution is -0.127. The average Bonchev–Trinajstić information content (AvgIpc) is 3.33. The van der Waals surface area contributed by atoms with E-state index in [-0.39, 0.29) is 11.7 Å². The second-order valence-electron chi connectivity index (χ2n) is 7.61. The van der Waals surface area contributed by atoms with E-state index in [2.05, 4.69) is 41.1 Å². The number of anilines is 1. The summed E-state index contributed by atoms with van der Waals surface area (Å²) in [5.74, 6) is 2.09. The first-order chi connectivity index (χ1) is 16.1. The van der Waals surface area contributed by atoms with Gasteiger partial charge in [0.2, 0.25) is 11.8 Å². The van der Waals surface area contributed by atoms with Crippen LogP contribution in [0.2, 0.25) is 0 Å². The van der Waals surface area contributed by atoms with Crippen LogP contribution in [0.4, 0.5) is 5.69 Å². The number of benzene rings is 2. The lowest BCUT2D eigenvalue weighted by Gasteiger charge is -2.21. The molecule has 2 aromatic carbocycles. The third-order valence-electron chi connectivity index (χ3n) is 5.42. The molecule has 3 aromatic rings. The Morgan fingerprint density at radius 3 is 2.45 bits per heavy atom. The maximum absolute atomic E-state index is 12.6. The summed E-state index contributed by atoms with van der Waals surface area (Å²) < 4.78 is 16.9. The summed E-state index contributed by atoms with van der Waals surface area (Å²) in [5, 5.41) is 8.59. The quantitative estimate of drug-likeness (QED) is 0.434. The van der Waals surface area contributed by atoms with Crippen LogP contribution >= 0.6 is 11.8 Å². The van der Waals surface area contributed by atoms with Gasteiger partial charge in [0.25, 0.3) is 5.22 Å². The molecule has 0 saturated heterocycles. The van der Waals surface area contributed by atoms with Crippen molar-refractivity contribution in [1.29, 1.82) is 0 Å². The number of carbonyl (C=O) groups is 1. The van der Waals surface area contributed by atoms with E-state index in [1.807, 2.05) is 30.3 Å². The number of carbonyl (C=O) groups excluding carboxylic acids is 1. The molecule has 0 aliphatic carbocycles. The highest BCUT2D eigenvalue weighted by molar-refractivity contribution is 7.99. The number of fused-ring (bicyclic) bond motifs is 1. The molecule has 0 unspecified atom stereocenters. The molecule has 0 saturated carbocycles. The van der Waals surface area contributed by atoms with E-state index in [1.54, 1.807) is 11.9 Å². The van der Waals surface area contributed by atoms with Crippen LogP contribution in [0.5, 0.6) is 11.5 Å². The summed E-state index contributed by atoms with van der Waals surface area (Å²) >= 11 is 1.24. The van der Waals surface area contributed by atoms with Gasteiger partial charge in [-0.1, -0.05) is 17.8 Å². The minimum Gasteiger partial charge on any atom is -0.486 e. The van der Waals surface area contributed by atoms with E-state index >= 15 is 0 Å². The standard InChI is InChI=1S/C24H28N4O4S/c1-4-28(5-2)19-9-7-18(8-10-19)23-25-26-24(32-23)33-16-22(29)27(3)15-17-6-11-20-21(14-17)31-13-12-30-20/h6-11,14H,4-5,12-13,15-16H2,1-3H3. The van der Waals surface area contributed by atoms with E-state index in [0.29, 0.717) is 30.9 Å². The maximum atomic E-state index is 12.6. The highest BCUT2D eigenvalue weighted by Gasteiger charge is 2.16. The fraction of sp³-hybridized carbons (Fsp3) is 0.375. The van der Waals surface area contributed by atoms with Gasteiger partial charge < -0.3 is 23.7 Å². The lowest BCUT2D eigenvalue weighted by Crippen LogP contribution is -2.27. The number of nitrogens with zero attached hydrogens (tertiary/aromatic N) is 4. The van der Waals surface area contributed by atoms with E-state index in [4.69, 9.17) is 13.9 Å². The zero-order valence-corrected chi connectivity index (χ0v) is 19.9. The van der Waals surface area contributed by atoms with Crippen LogP contribution in [0.25, 0.3) is 11.5 Å². The second-order valence-corrected chi connectivity index (χ2v) is 8.54. The smallest absolute Gasteiger partial charge is 0.277 e. The fourth-order valence-electron chi connectivity index (χ4n) is 3.57. The van der Waals surface area contributed by atoms with Crippen LogP contribution in [-0.4, -0.2) is 60.1 Å². The summed E-state index contributed by atoms with van der Waals surface area (Å²) in [7, 11) is 1.77. The van der Waals surface area contributed by atoms with Crippen molar-refractivity contribution in [3.8, 4) is 23.0 Å². The third kappa shape index (κ3) is 5.60. The molecule has 1 aromatic heterocycles. The summed E-state index contributed by atoms with van der Waals surface area (Å²) in [6.45, 7) is 7.74.